The number of nitrogens with zero attached hydrogens (tertiary/aromatic N) is 1. The fourth-order valence-corrected chi connectivity index (χ4v) is 2.80. The van der Waals surface area contributed by atoms with Crippen molar-refractivity contribution < 1.29 is 9.90 Å². The molecule has 6 heteroatoms. The lowest BCUT2D eigenvalue weighted by Crippen LogP contribution is -2.43. The van der Waals surface area contributed by atoms with Crippen molar-refractivity contribution >= 4 is 29.4 Å². The van der Waals surface area contributed by atoms with Crippen LogP contribution in [-0.4, -0.2) is 47.5 Å². The Morgan fingerprint density at radius 2 is 2.10 bits per heavy atom. The maximum atomic E-state index is 11.9. The first kappa shape index (κ1) is 15.5. The SMILES string of the molecule is O=C(NCCSc1ccc(Cl)cc1)N(CCO)C1CC1. The molecule has 1 aliphatic rings. The van der Waals surface area contributed by atoms with Gasteiger partial charge in [0.1, 0.15) is 0 Å². The molecular weight excluding hydrogens is 296 g/mol. The molecule has 1 saturated carbocycles. The molecule has 2 N–H and O–H groups in total. The predicted molar refractivity (Wildman–Crippen MR) is 82.4 cm³/mol. The normalized spacial score (nSPS) is 14.1. The number of hydrogen-bond acceptors (Lipinski definition) is 3. The Kier molecular flexibility index (Phi) is 6.01. The van der Waals surface area contributed by atoms with Gasteiger partial charge >= 0.3 is 6.03 Å². The van der Waals surface area contributed by atoms with Crippen molar-refractivity contribution in [1.29, 1.82) is 0 Å². The Balaban J connectivity index is 1.67. The quantitative estimate of drug-likeness (QED) is 0.601. The molecule has 4 nitrogen and oxygen atoms in total. The van der Waals surface area contributed by atoms with Crippen molar-refractivity contribution in [3.63, 3.8) is 0 Å². The van der Waals surface area contributed by atoms with Gasteiger partial charge in [0.2, 0.25) is 0 Å². The van der Waals surface area contributed by atoms with Gasteiger partial charge in [0.25, 0.3) is 0 Å². The van der Waals surface area contributed by atoms with Crippen LogP contribution in [0, 0.1) is 0 Å². The number of urea groups is 1. The highest BCUT2D eigenvalue weighted by molar-refractivity contribution is 7.99. The second kappa shape index (κ2) is 7.76. The largest absolute Gasteiger partial charge is 0.395 e. The number of thioether (sulfide) groups is 1. The van der Waals surface area contributed by atoms with Crippen LogP contribution in [0.25, 0.3) is 0 Å². The summed E-state index contributed by atoms with van der Waals surface area (Å²) in [5.41, 5.74) is 0. The third-order valence-corrected chi connectivity index (χ3v) is 4.32. The Morgan fingerprint density at radius 3 is 2.70 bits per heavy atom. The molecule has 0 atom stereocenters. The Hall–Kier alpha value is -0.910. The third kappa shape index (κ3) is 4.89. The second-order valence-electron chi connectivity index (χ2n) is 4.68. The third-order valence-electron chi connectivity index (χ3n) is 3.05. The van der Waals surface area contributed by atoms with Crippen LogP contribution >= 0.6 is 23.4 Å². The number of amides is 2. The van der Waals surface area contributed by atoms with E-state index in [1.54, 1.807) is 16.7 Å². The maximum absolute atomic E-state index is 11.9. The molecule has 20 heavy (non-hydrogen) atoms. The maximum Gasteiger partial charge on any atom is 0.317 e. The summed E-state index contributed by atoms with van der Waals surface area (Å²) in [7, 11) is 0. The summed E-state index contributed by atoms with van der Waals surface area (Å²) >= 11 is 7.50. The molecule has 0 saturated heterocycles. The van der Waals surface area contributed by atoms with Crippen molar-refractivity contribution in [1.82, 2.24) is 10.2 Å². The van der Waals surface area contributed by atoms with E-state index in [2.05, 4.69) is 5.32 Å². The molecule has 0 heterocycles. The first-order valence-electron chi connectivity index (χ1n) is 6.74. The summed E-state index contributed by atoms with van der Waals surface area (Å²) in [6.07, 6.45) is 2.10. The summed E-state index contributed by atoms with van der Waals surface area (Å²) in [6, 6.07) is 7.91. The lowest BCUT2D eigenvalue weighted by Gasteiger charge is -2.21. The molecule has 2 amide bonds. The van der Waals surface area contributed by atoms with Gasteiger partial charge < -0.3 is 15.3 Å². The zero-order valence-electron chi connectivity index (χ0n) is 11.2. The first-order chi connectivity index (χ1) is 9.70. The second-order valence-corrected chi connectivity index (χ2v) is 6.29. The van der Waals surface area contributed by atoms with E-state index in [0.717, 1.165) is 28.5 Å². The van der Waals surface area contributed by atoms with E-state index in [-0.39, 0.29) is 12.6 Å². The minimum Gasteiger partial charge on any atom is -0.395 e. The number of halogens is 1. The van der Waals surface area contributed by atoms with E-state index in [4.69, 9.17) is 16.7 Å². The highest BCUT2D eigenvalue weighted by atomic mass is 35.5. The Bertz CT molecular complexity index is 437. The van der Waals surface area contributed by atoms with Crippen molar-refractivity contribution in [2.75, 3.05) is 25.4 Å². The molecule has 1 fully saturated rings. The summed E-state index contributed by atoms with van der Waals surface area (Å²) < 4.78 is 0. The highest BCUT2D eigenvalue weighted by Crippen LogP contribution is 2.26. The molecule has 0 spiro atoms. The van der Waals surface area contributed by atoms with Crippen LogP contribution in [0.15, 0.2) is 29.2 Å². The average molecular weight is 315 g/mol. The number of carbonyl (C=O) groups excluding carboxylic acids is 1. The zero-order chi connectivity index (χ0) is 14.4. The Labute approximate surface area is 128 Å². The van der Waals surface area contributed by atoms with Gasteiger partial charge in [0, 0.05) is 34.8 Å². The van der Waals surface area contributed by atoms with E-state index >= 15 is 0 Å². The molecule has 0 radical (unpaired) electrons. The lowest BCUT2D eigenvalue weighted by atomic mass is 10.4. The van der Waals surface area contributed by atoms with Gasteiger partial charge in [-0.05, 0) is 37.1 Å². The molecular formula is C14H19ClN2O2S. The van der Waals surface area contributed by atoms with E-state index in [1.807, 2.05) is 24.3 Å². The molecule has 110 valence electrons. The number of rotatable bonds is 7. The predicted octanol–water partition coefficient (Wildman–Crippen LogP) is 2.60. The number of benzene rings is 1. The van der Waals surface area contributed by atoms with Gasteiger partial charge in [-0.3, -0.25) is 0 Å². The van der Waals surface area contributed by atoms with Crippen LogP contribution in [0.1, 0.15) is 12.8 Å². The van der Waals surface area contributed by atoms with Crippen LogP contribution in [0.2, 0.25) is 5.02 Å². The molecule has 2 rings (SSSR count). The first-order valence-corrected chi connectivity index (χ1v) is 8.11. The number of aliphatic hydroxyl groups is 1. The monoisotopic (exact) mass is 314 g/mol. The number of carbonyl (C=O) groups is 1. The smallest absolute Gasteiger partial charge is 0.317 e. The summed E-state index contributed by atoms with van der Waals surface area (Å²) in [5.74, 6) is 0.811. The number of aliphatic hydroxyl groups excluding tert-OH is 1. The van der Waals surface area contributed by atoms with Gasteiger partial charge in [-0.2, -0.15) is 0 Å². The summed E-state index contributed by atoms with van der Waals surface area (Å²) in [4.78, 5) is 14.8. The van der Waals surface area contributed by atoms with Gasteiger partial charge in [0.05, 0.1) is 6.61 Å². The van der Waals surface area contributed by atoms with E-state index in [0.29, 0.717) is 19.1 Å². The van der Waals surface area contributed by atoms with Crippen molar-refractivity contribution in [3.05, 3.63) is 29.3 Å². The van der Waals surface area contributed by atoms with Crippen molar-refractivity contribution in [3.8, 4) is 0 Å². The van der Waals surface area contributed by atoms with E-state index in [9.17, 15) is 4.79 Å². The fourth-order valence-electron chi connectivity index (χ4n) is 1.90. The minimum atomic E-state index is -0.0711. The Morgan fingerprint density at radius 1 is 1.40 bits per heavy atom. The molecule has 1 aliphatic carbocycles. The molecule has 0 unspecified atom stereocenters. The fraction of sp³-hybridized carbons (Fsp3) is 0.500. The molecule has 1 aromatic carbocycles. The molecule has 0 aromatic heterocycles. The van der Waals surface area contributed by atoms with E-state index < -0.39 is 0 Å². The van der Waals surface area contributed by atoms with Crippen LogP contribution in [0.4, 0.5) is 4.79 Å². The topological polar surface area (TPSA) is 52.6 Å². The lowest BCUT2D eigenvalue weighted by molar-refractivity contribution is 0.174. The number of hydrogen-bond donors (Lipinski definition) is 2. The minimum absolute atomic E-state index is 0.0173. The molecule has 1 aromatic rings. The standard InChI is InChI=1S/C14H19ClN2O2S/c15-11-1-5-13(6-2-11)20-10-7-16-14(19)17(8-9-18)12-3-4-12/h1-2,5-6,12,18H,3-4,7-10H2,(H,16,19). The summed E-state index contributed by atoms with van der Waals surface area (Å²) in [5, 5.41) is 12.6. The van der Waals surface area contributed by atoms with Gasteiger partial charge in [-0.15, -0.1) is 11.8 Å². The van der Waals surface area contributed by atoms with E-state index in [1.165, 1.54) is 0 Å². The van der Waals surface area contributed by atoms with Gasteiger partial charge in [-0.1, -0.05) is 11.6 Å². The van der Waals surface area contributed by atoms with Crippen molar-refractivity contribution in [2.45, 2.75) is 23.8 Å². The zero-order valence-corrected chi connectivity index (χ0v) is 12.8. The molecule has 0 aliphatic heterocycles. The van der Waals surface area contributed by atoms with Crippen LogP contribution in [-0.2, 0) is 0 Å². The highest BCUT2D eigenvalue weighted by Gasteiger charge is 2.31. The van der Waals surface area contributed by atoms with Crippen LogP contribution < -0.4 is 5.32 Å². The van der Waals surface area contributed by atoms with Gasteiger partial charge in [0.15, 0.2) is 0 Å². The number of nitrogens with one attached hydrogen (secondary N) is 1. The van der Waals surface area contributed by atoms with Crippen LogP contribution in [0.5, 0.6) is 0 Å². The van der Waals surface area contributed by atoms with Gasteiger partial charge in [-0.25, -0.2) is 4.79 Å². The van der Waals surface area contributed by atoms with Crippen LogP contribution in [0.3, 0.4) is 0 Å². The molecule has 0 bridgehead atoms. The van der Waals surface area contributed by atoms with Crippen molar-refractivity contribution in [2.24, 2.45) is 0 Å². The average Bonchev–Trinajstić information content (AvgIpc) is 3.27. The summed E-state index contributed by atoms with van der Waals surface area (Å²) in [6.45, 7) is 1.05.